The molecule has 17 nitrogen and oxygen atoms in total. The van der Waals surface area contributed by atoms with Gasteiger partial charge in [0.15, 0.2) is 6.10 Å². The topological polar surface area (TPSA) is 305 Å². The molecule has 1 aromatic heterocycles. The molecule has 1 aromatic rings. The van der Waals surface area contributed by atoms with Gasteiger partial charge in [-0.25, -0.2) is 4.79 Å². The molecule has 16 N–H and O–H groups in total. The number of aliphatic hydroxyl groups is 3. The van der Waals surface area contributed by atoms with Crippen LogP contribution < -0.4 is 50.6 Å². The second-order valence-corrected chi connectivity index (χ2v) is 11.2. The van der Waals surface area contributed by atoms with Crippen LogP contribution in [0.15, 0.2) is 15.8 Å². The smallest absolute Gasteiger partial charge is 0.330 e. The minimum absolute atomic E-state index is 0.0573. The number of aromatic nitrogens is 2. The van der Waals surface area contributed by atoms with Crippen LogP contribution in [-0.2, 0) is 14.3 Å². The van der Waals surface area contributed by atoms with Crippen LogP contribution in [0.3, 0.4) is 0 Å². The van der Waals surface area contributed by atoms with Crippen molar-refractivity contribution in [2.24, 2.45) is 34.6 Å². The molecule has 0 unspecified atom stereocenters. The number of nitrogens with two attached hydrogens (primary N) is 5. The average Bonchev–Trinajstić information content (AvgIpc) is 3.31. The van der Waals surface area contributed by atoms with Crippen LogP contribution in [-0.4, -0.2) is 117 Å². The van der Waals surface area contributed by atoms with E-state index in [-0.39, 0.29) is 32.5 Å². The Balaban J connectivity index is 1.37. The van der Waals surface area contributed by atoms with Crippen molar-refractivity contribution in [2.45, 2.75) is 92.8 Å². The summed E-state index contributed by atoms with van der Waals surface area (Å²) in [6.07, 6.45) is -5.38. The van der Waals surface area contributed by atoms with Crippen molar-refractivity contribution in [3.8, 4) is 0 Å². The van der Waals surface area contributed by atoms with Crippen LogP contribution in [0.25, 0.3) is 0 Å². The molecular formula is C24H43N9O8. The number of ether oxygens (including phenoxy) is 2. The first-order valence-corrected chi connectivity index (χ1v) is 13.8. The van der Waals surface area contributed by atoms with Crippen LogP contribution >= 0.6 is 0 Å². The summed E-state index contributed by atoms with van der Waals surface area (Å²) in [5, 5.41) is 37.6. The fourth-order valence-electron chi connectivity index (χ4n) is 6.08. The van der Waals surface area contributed by atoms with E-state index in [1.165, 1.54) is 10.8 Å². The highest BCUT2D eigenvalue weighted by Crippen LogP contribution is 2.34. The van der Waals surface area contributed by atoms with E-state index in [0.717, 1.165) is 0 Å². The minimum atomic E-state index is -1.31. The Kier molecular flexibility index (Phi) is 9.97. The molecule has 4 rings (SSSR count). The highest BCUT2D eigenvalue weighted by atomic mass is 16.5. The maximum Gasteiger partial charge on any atom is 0.330 e. The summed E-state index contributed by atoms with van der Waals surface area (Å²) in [6.45, 7) is 1.78. The van der Waals surface area contributed by atoms with Crippen LogP contribution in [0.1, 0.15) is 24.6 Å². The normalized spacial score (nSPS) is 41.3. The number of aliphatic hydroxyl groups excluding tert-OH is 3. The van der Waals surface area contributed by atoms with E-state index in [0.29, 0.717) is 5.56 Å². The zero-order chi connectivity index (χ0) is 30.2. The Morgan fingerprint density at radius 1 is 1.02 bits per heavy atom. The van der Waals surface area contributed by atoms with E-state index in [1.807, 2.05) is 0 Å². The predicted octanol–water partition coefficient (Wildman–Crippen LogP) is -6.66. The van der Waals surface area contributed by atoms with Crippen molar-refractivity contribution in [2.75, 3.05) is 19.6 Å². The summed E-state index contributed by atoms with van der Waals surface area (Å²) in [6, 6.07) is -3.61. The Bertz CT molecular complexity index is 1180. The lowest BCUT2D eigenvalue weighted by molar-refractivity contribution is -0.199. The second-order valence-electron chi connectivity index (χ2n) is 11.2. The van der Waals surface area contributed by atoms with Crippen molar-refractivity contribution < 1.29 is 29.6 Å². The molecule has 0 aromatic carbocycles. The standard InChI is InChI=1S/C24H43N9O8/c1-8-7-33(24(39)32-22(8)37)13-5-11(28)20(41-13)23(38)31-3-2-30-16-14(9(26)4-10(27)17(16)34)21-15(29)19(36)18(35)12(6-25)40-21/h7,9-21,30,34-36H,2-6,25-29H2,1H3,(H,31,38)(H,32,37,39)/t9-,10+,11-,12+,13+,14+,15+,16+,17-,18+,19+,20-,21+/m0/s1. The number of amides is 1. The maximum absolute atomic E-state index is 12.9. The third-order valence-electron chi connectivity index (χ3n) is 8.39. The zero-order valence-corrected chi connectivity index (χ0v) is 22.8. The van der Waals surface area contributed by atoms with Gasteiger partial charge in [0, 0.05) is 67.9 Å². The van der Waals surface area contributed by atoms with E-state index >= 15 is 0 Å². The largest absolute Gasteiger partial charge is 0.390 e. The summed E-state index contributed by atoms with van der Waals surface area (Å²) in [7, 11) is 0. The van der Waals surface area contributed by atoms with Gasteiger partial charge in [-0.05, 0) is 13.3 Å². The van der Waals surface area contributed by atoms with Gasteiger partial charge in [0.1, 0.15) is 18.4 Å². The summed E-state index contributed by atoms with van der Waals surface area (Å²) in [5.74, 6) is -1.09. The molecule has 3 fully saturated rings. The maximum atomic E-state index is 12.9. The zero-order valence-electron chi connectivity index (χ0n) is 22.8. The number of aromatic amines is 1. The van der Waals surface area contributed by atoms with Gasteiger partial charge in [-0.3, -0.25) is 19.1 Å². The number of hydrogen-bond donors (Lipinski definition) is 11. The first kappa shape index (κ1) is 31.6. The molecule has 0 radical (unpaired) electrons. The first-order chi connectivity index (χ1) is 19.3. The number of rotatable bonds is 8. The van der Waals surface area contributed by atoms with E-state index in [9.17, 15) is 29.7 Å². The number of nitrogens with one attached hydrogen (secondary N) is 3. The van der Waals surface area contributed by atoms with E-state index in [1.54, 1.807) is 6.92 Å². The third-order valence-corrected chi connectivity index (χ3v) is 8.39. The Morgan fingerprint density at radius 3 is 2.41 bits per heavy atom. The molecule has 3 heterocycles. The highest BCUT2D eigenvalue weighted by Gasteiger charge is 2.52. The van der Waals surface area contributed by atoms with E-state index < -0.39 is 96.1 Å². The van der Waals surface area contributed by atoms with Crippen LogP contribution in [0.2, 0.25) is 0 Å². The Labute approximate surface area is 235 Å². The number of hydrogen-bond acceptors (Lipinski definition) is 14. The van der Waals surface area contributed by atoms with E-state index in [2.05, 4.69) is 15.6 Å². The number of carbonyl (C=O) groups excluding carboxylic acids is 1. The van der Waals surface area contributed by atoms with Crippen molar-refractivity contribution in [3.05, 3.63) is 32.6 Å². The summed E-state index contributed by atoms with van der Waals surface area (Å²) >= 11 is 0. The van der Waals surface area contributed by atoms with Gasteiger partial charge >= 0.3 is 5.69 Å². The molecule has 0 bridgehead atoms. The lowest BCUT2D eigenvalue weighted by Crippen LogP contribution is -2.72. The van der Waals surface area contributed by atoms with Crippen molar-refractivity contribution in [3.63, 3.8) is 0 Å². The second kappa shape index (κ2) is 12.9. The van der Waals surface area contributed by atoms with Gasteiger partial charge in [-0.2, -0.15) is 0 Å². The molecule has 13 atom stereocenters. The van der Waals surface area contributed by atoms with Crippen molar-refractivity contribution in [1.82, 2.24) is 20.2 Å². The van der Waals surface area contributed by atoms with Gasteiger partial charge in [-0.1, -0.05) is 0 Å². The van der Waals surface area contributed by atoms with Crippen LogP contribution in [0, 0.1) is 12.8 Å². The van der Waals surface area contributed by atoms with Crippen molar-refractivity contribution >= 4 is 5.91 Å². The molecule has 3 aliphatic rings. The highest BCUT2D eigenvalue weighted by molar-refractivity contribution is 5.81. The molecule has 17 heteroatoms. The SMILES string of the molecule is Cc1cn([C@H]2C[C@H](N)[C@@H](C(=O)NCCN[C@H]3[C@@H](O)[C@H](N)C[C@H](N)[C@H]3[C@H]3O[C@H](CN)[C@@H](O)[C@H](O)[C@H]3N)O2)c(=O)[nH]c1=O. The van der Waals surface area contributed by atoms with Crippen LogP contribution in [0.5, 0.6) is 0 Å². The number of aryl methyl sites for hydroxylation is 1. The Morgan fingerprint density at radius 2 is 1.73 bits per heavy atom. The van der Waals surface area contributed by atoms with Gasteiger partial charge < -0.3 is 64.1 Å². The molecular weight excluding hydrogens is 542 g/mol. The summed E-state index contributed by atoms with van der Waals surface area (Å²) in [5.41, 5.74) is 29.8. The fourth-order valence-corrected chi connectivity index (χ4v) is 6.08. The van der Waals surface area contributed by atoms with Crippen LogP contribution in [0.4, 0.5) is 0 Å². The third kappa shape index (κ3) is 6.40. The minimum Gasteiger partial charge on any atom is -0.390 e. The molecule has 1 amide bonds. The molecule has 232 valence electrons. The van der Waals surface area contributed by atoms with Gasteiger partial charge in [0.25, 0.3) is 11.5 Å². The van der Waals surface area contributed by atoms with E-state index in [4.69, 9.17) is 38.1 Å². The quantitative estimate of drug-likeness (QED) is 0.126. The molecule has 1 aliphatic carbocycles. The number of carbonyl (C=O) groups is 1. The van der Waals surface area contributed by atoms with Gasteiger partial charge in [0.2, 0.25) is 0 Å². The lowest BCUT2D eigenvalue weighted by atomic mass is 9.70. The monoisotopic (exact) mass is 585 g/mol. The molecule has 0 spiro atoms. The number of H-pyrrole nitrogens is 1. The predicted molar refractivity (Wildman–Crippen MR) is 145 cm³/mol. The number of nitrogens with zero attached hydrogens (tertiary/aromatic N) is 1. The van der Waals surface area contributed by atoms with Gasteiger partial charge in [0.05, 0.1) is 24.4 Å². The summed E-state index contributed by atoms with van der Waals surface area (Å²) in [4.78, 5) is 39.0. The molecule has 41 heavy (non-hydrogen) atoms. The molecule has 1 saturated carbocycles. The summed E-state index contributed by atoms with van der Waals surface area (Å²) < 4.78 is 12.9. The molecule has 2 aliphatic heterocycles. The Hall–Kier alpha value is -2.29. The van der Waals surface area contributed by atoms with Crippen molar-refractivity contribution in [1.29, 1.82) is 0 Å². The van der Waals surface area contributed by atoms with Gasteiger partial charge in [-0.15, -0.1) is 0 Å². The average molecular weight is 586 g/mol. The lowest BCUT2D eigenvalue weighted by Gasteiger charge is -2.51. The fraction of sp³-hybridized carbons (Fsp3) is 0.792. The molecule has 2 saturated heterocycles. The first-order valence-electron chi connectivity index (χ1n) is 13.8.